The Balaban J connectivity index is 2.18. The second-order valence-corrected chi connectivity index (χ2v) is 9.66. The molecule has 0 heterocycles. The number of hydrogen-bond donors (Lipinski definition) is 1. The van der Waals surface area contributed by atoms with E-state index in [4.69, 9.17) is 23.2 Å². The van der Waals surface area contributed by atoms with Crippen molar-refractivity contribution in [2.24, 2.45) is 0 Å². The summed E-state index contributed by atoms with van der Waals surface area (Å²) in [7, 11) is 0. The van der Waals surface area contributed by atoms with Crippen LogP contribution >= 0.6 is 35.0 Å². The van der Waals surface area contributed by atoms with Crippen LogP contribution in [-0.4, -0.2) is 34.6 Å². The van der Waals surface area contributed by atoms with Crippen molar-refractivity contribution >= 4 is 46.8 Å². The van der Waals surface area contributed by atoms with E-state index in [0.717, 1.165) is 11.3 Å². The summed E-state index contributed by atoms with van der Waals surface area (Å²) < 4.78 is 0. The zero-order chi connectivity index (χ0) is 23.0. The second kappa shape index (κ2) is 12.4. The first-order valence-corrected chi connectivity index (χ1v) is 12.3. The van der Waals surface area contributed by atoms with Gasteiger partial charge in [0.25, 0.3) is 0 Å². The fourth-order valence-corrected chi connectivity index (χ4v) is 4.60. The number of carbonyl (C=O) groups is 2. The van der Waals surface area contributed by atoms with Gasteiger partial charge in [-0.1, -0.05) is 66.0 Å². The van der Waals surface area contributed by atoms with E-state index in [9.17, 15) is 9.59 Å². The van der Waals surface area contributed by atoms with Crippen LogP contribution in [0.5, 0.6) is 0 Å². The SMILES string of the molecule is CC[C@H](C(=O)NC(C)C)N(Cc1ccc(Cl)cc1Cl)C(=O)CSCc1cccc(C)c1. The Morgan fingerprint density at radius 2 is 1.87 bits per heavy atom. The molecule has 2 rings (SSSR count). The molecule has 0 aliphatic heterocycles. The van der Waals surface area contributed by atoms with Crippen LogP contribution in [0.4, 0.5) is 0 Å². The monoisotopic (exact) mass is 480 g/mol. The largest absolute Gasteiger partial charge is 0.352 e. The number of aryl methyl sites for hydroxylation is 1. The third-order valence-corrected chi connectivity index (χ3v) is 6.32. The normalized spacial score (nSPS) is 12.0. The highest BCUT2D eigenvalue weighted by Gasteiger charge is 2.29. The highest BCUT2D eigenvalue weighted by Crippen LogP contribution is 2.24. The standard InChI is InChI=1S/C24H30Cl2N2O2S/c1-5-22(24(30)27-16(2)3)28(13-19-9-10-20(25)12-21(19)26)23(29)15-31-14-18-8-6-7-17(4)11-18/h6-12,16,22H,5,13-15H2,1-4H3,(H,27,30)/t22-/m1/s1. The van der Waals surface area contributed by atoms with Gasteiger partial charge < -0.3 is 10.2 Å². The third-order valence-electron chi connectivity index (χ3n) is 4.75. The summed E-state index contributed by atoms with van der Waals surface area (Å²) in [6.45, 7) is 8.03. The van der Waals surface area contributed by atoms with Crippen LogP contribution in [0.2, 0.25) is 10.0 Å². The molecular formula is C24H30Cl2N2O2S. The molecule has 0 bridgehead atoms. The maximum absolute atomic E-state index is 13.2. The average molecular weight is 481 g/mol. The van der Waals surface area contributed by atoms with Crippen LogP contribution < -0.4 is 5.32 Å². The van der Waals surface area contributed by atoms with Crippen molar-refractivity contribution in [3.05, 3.63) is 69.2 Å². The molecule has 168 valence electrons. The first-order valence-electron chi connectivity index (χ1n) is 10.4. The van der Waals surface area contributed by atoms with Gasteiger partial charge in [-0.15, -0.1) is 11.8 Å². The van der Waals surface area contributed by atoms with Crippen molar-refractivity contribution in [1.82, 2.24) is 10.2 Å². The maximum atomic E-state index is 13.2. The van der Waals surface area contributed by atoms with E-state index in [1.54, 1.807) is 34.9 Å². The van der Waals surface area contributed by atoms with Crippen LogP contribution in [0.25, 0.3) is 0 Å². The summed E-state index contributed by atoms with van der Waals surface area (Å²) in [6.07, 6.45) is 0.512. The Morgan fingerprint density at radius 1 is 1.13 bits per heavy atom. The van der Waals surface area contributed by atoms with Gasteiger partial charge in [0, 0.05) is 28.4 Å². The van der Waals surface area contributed by atoms with E-state index in [2.05, 4.69) is 30.4 Å². The summed E-state index contributed by atoms with van der Waals surface area (Å²) >= 11 is 13.9. The Bertz CT molecular complexity index is 905. The molecule has 0 saturated carbocycles. The molecule has 0 unspecified atom stereocenters. The Kier molecular flexibility index (Phi) is 10.2. The lowest BCUT2D eigenvalue weighted by Crippen LogP contribution is -2.51. The predicted octanol–water partition coefficient (Wildman–Crippen LogP) is 5.87. The number of nitrogens with one attached hydrogen (secondary N) is 1. The number of nitrogens with zero attached hydrogens (tertiary/aromatic N) is 1. The fraction of sp³-hybridized carbons (Fsp3) is 0.417. The van der Waals surface area contributed by atoms with E-state index in [1.165, 1.54) is 11.1 Å². The van der Waals surface area contributed by atoms with Gasteiger partial charge in [-0.05, 0) is 50.5 Å². The van der Waals surface area contributed by atoms with E-state index >= 15 is 0 Å². The molecule has 0 aliphatic rings. The summed E-state index contributed by atoms with van der Waals surface area (Å²) in [4.78, 5) is 27.7. The molecule has 31 heavy (non-hydrogen) atoms. The van der Waals surface area contributed by atoms with Gasteiger partial charge in [-0.3, -0.25) is 9.59 Å². The van der Waals surface area contributed by atoms with Gasteiger partial charge in [0.2, 0.25) is 11.8 Å². The molecule has 0 fully saturated rings. The van der Waals surface area contributed by atoms with Crippen molar-refractivity contribution in [3.63, 3.8) is 0 Å². The Hall–Kier alpha value is -1.69. The van der Waals surface area contributed by atoms with E-state index in [1.807, 2.05) is 26.8 Å². The summed E-state index contributed by atoms with van der Waals surface area (Å²) in [6, 6.07) is 12.9. The van der Waals surface area contributed by atoms with Gasteiger partial charge in [0.1, 0.15) is 6.04 Å². The third kappa shape index (κ3) is 8.06. The van der Waals surface area contributed by atoms with Gasteiger partial charge in [0.15, 0.2) is 0 Å². The summed E-state index contributed by atoms with van der Waals surface area (Å²) in [5.41, 5.74) is 3.13. The van der Waals surface area contributed by atoms with E-state index in [-0.39, 0.29) is 30.2 Å². The zero-order valence-electron chi connectivity index (χ0n) is 18.5. The molecule has 2 aromatic rings. The lowest BCUT2D eigenvalue weighted by atomic mass is 10.1. The lowest BCUT2D eigenvalue weighted by molar-refractivity contribution is -0.139. The molecule has 2 amide bonds. The van der Waals surface area contributed by atoms with Crippen LogP contribution in [0.1, 0.15) is 43.9 Å². The molecule has 1 atom stereocenters. The van der Waals surface area contributed by atoms with Gasteiger partial charge in [0.05, 0.1) is 5.75 Å². The molecular weight excluding hydrogens is 451 g/mol. The average Bonchev–Trinajstić information content (AvgIpc) is 2.69. The van der Waals surface area contributed by atoms with Gasteiger partial charge in [-0.2, -0.15) is 0 Å². The first-order chi connectivity index (χ1) is 14.7. The van der Waals surface area contributed by atoms with Crippen LogP contribution in [0.3, 0.4) is 0 Å². The zero-order valence-corrected chi connectivity index (χ0v) is 20.8. The van der Waals surface area contributed by atoms with Crippen molar-refractivity contribution in [1.29, 1.82) is 0 Å². The van der Waals surface area contributed by atoms with Crippen molar-refractivity contribution in [2.45, 2.75) is 58.5 Å². The molecule has 0 radical (unpaired) electrons. The molecule has 4 nitrogen and oxygen atoms in total. The highest BCUT2D eigenvalue weighted by atomic mass is 35.5. The first kappa shape index (κ1) is 25.6. The topological polar surface area (TPSA) is 49.4 Å². The second-order valence-electron chi connectivity index (χ2n) is 7.83. The maximum Gasteiger partial charge on any atom is 0.243 e. The van der Waals surface area contributed by atoms with Crippen LogP contribution in [0.15, 0.2) is 42.5 Å². The smallest absolute Gasteiger partial charge is 0.243 e. The van der Waals surface area contributed by atoms with Crippen LogP contribution in [0, 0.1) is 6.92 Å². The molecule has 2 aromatic carbocycles. The van der Waals surface area contributed by atoms with Gasteiger partial charge >= 0.3 is 0 Å². The fourth-order valence-electron chi connectivity index (χ4n) is 3.27. The number of rotatable bonds is 10. The Labute approximate surface area is 199 Å². The molecule has 0 aromatic heterocycles. The number of benzene rings is 2. The van der Waals surface area contributed by atoms with Crippen molar-refractivity contribution < 1.29 is 9.59 Å². The molecule has 0 aliphatic carbocycles. The van der Waals surface area contributed by atoms with E-state index in [0.29, 0.717) is 16.5 Å². The van der Waals surface area contributed by atoms with Crippen molar-refractivity contribution in [3.8, 4) is 0 Å². The summed E-state index contributed by atoms with van der Waals surface area (Å²) in [5.74, 6) is 0.775. The minimum absolute atomic E-state index is 0.00619. The minimum Gasteiger partial charge on any atom is -0.352 e. The van der Waals surface area contributed by atoms with Gasteiger partial charge in [-0.25, -0.2) is 0 Å². The number of halogens is 2. The number of hydrogen-bond acceptors (Lipinski definition) is 3. The molecule has 0 spiro atoms. The minimum atomic E-state index is -0.568. The lowest BCUT2D eigenvalue weighted by Gasteiger charge is -2.31. The summed E-state index contributed by atoms with van der Waals surface area (Å²) in [5, 5.41) is 3.95. The number of amides is 2. The quantitative estimate of drug-likeness (QED) is 0.462. The number of thioether (sulfide) groups is 1. The molecule has 1 N–H and O–H groups in total. The number of carbonyl (C=O) groups excluding carboxylic acids is 2. The van der Waals surface area contributed by atoms with Crippen LogP contribution in [-0.2, 0) is 21.9 Å². The Morgan fingerprint density at radius 3 is 2.48 bits per heavy atom. The highest BCUT2D eigenvalue weighted by molar-refractivity contribution is 7.99. The molecule has 7 heteroatoms. The predicted molar refractivity (Wildman–Crippen MR) is 132 cm³/mol. The molecule has 0 saturated heterocycles. The van der Waals surface area contributed by atoms with E-state index < -0.39 is 6.04 Å². The van der Waals surface area contributed by atoms with Crippen molar-refractivity contribution in [2.75, 3.05) is 5.75 Å².